The molecule has 4 heteroatoms. The van der Waals surface area contributed by atoms with Crippen LogP contribution in [0.5, 0.6) is 11.5 Å². The molecular weight excluding hydrogens is 741 g/mol. The maximum atomic E-state index is 9.49. The first kappa shape index (κ1) is 44.0. The van der Waals surface area contributed by atoms with Gasteiger partial charge in [0.2, 0.25) is 0 Å². The van der Waals surface area contributed by atoms with Gasteiger partial charge in [0.15, 0.2) is 0 Å². The molecule has 0 atom stereocenters. The molecule has 0 saturated carbocycles. The molecule has 1 aromatic carbocycles. The summed E-state index contributed by atoms with van der Waals surface area (Å²) in [4.78, 5) is 1.65. The van der Waals surface area contributed by atoms with E-state index in [9.17, 15) is 5.11 Å². The predicted molar refractivity (Wildman–Crippen MR) is 230 cm³/mol. The summed E-state index contributed by atoms with van der Waals surface area (Å²) >= 11 is 1.41. The standard InChI is InChI=1S/C55H10O3S/c1-3-5-7-9-11-13-15-17-19-21-23-25-27-29-31-33-35-37-39-41-45-57-52-47-51(55-44-43-54(50-56)59-55)48-53(49-52)58-46-42-40-38-36-34-32-30-28-26-24-22-20-18-16-14-12-10-8-6-4-2/h1-2,43-44,47-49,56H,50H2. The van der Waals surface area contributed by atoms with E-state index in [0.717, 1.165) is 15.3 Å². The number of terminal acetylenes is 2. The Labute approximate surface area is 350 Å². The highest BCUT2D eigenvalue weighted by molar-refractivity contribution is 7.15. The Kier molecular flexibility index (Phi) is 24.4. The maximum Gasteiger partial charge on any atom is 0.144 e. The van der Waals surface area contributed by atoms with Gasteiger partial charge in [0, 0.05) is 158 Å². The Hall–Kier alpha value is -11.2. The van der Waals surface area contributed by atoms with Crippen LogP contribution in [0, 0.1) is 262 Å². The van der Waals surface area contributed by atoms with Gasteiger partial charge >= 0.3 is 0 Å². The minimum absolute atomic E-state index is 0.0853. The van der Waals surface area contributed by atoms with Crippen LogP contribution in [0.15, 0.2) is 30.3 Å². The largest absolute Gasteiger partial charge is 0.407 e. The number of aliphatic hydroxyl groups excluding tert-OH is 1. The zero-order valence-corrected chi connectivity index (χ0v) is 30.7. The summed E-state index contributed by atoms with van der Waals surface area (Å²) < 4.78 is 11.1. The van der Waals surface area contributed by atoms with Crippen molar-refractivity contribution in [3.63, 3.8) is 0 Å². The van der Waals surface area contributed by atoms with Crippen LogP contribution in [0.1, 0.15) is 4.88 Å². The van der Waals surface area contributed by atoms with Crippen LogP contribution in [0.4, 0.5) is 0 Å². The molecule has 1 heterocycles. The fourth-order valence-electron chi connectivity index (χ4n) is 2.80. The lowest BCUT2D eigenvalue weighted by atomic mass is 10.1. The van der Waals surface area contributed by atoms with E-state index in [-0.39, 0.29) is 6.61 Å². The third kappa shape index (κ3) is 24.6. The van der Waals surface area contributed by atoms with E-state index in [1.165, 1.54) is 11.3 Å². The molecule has 0 aliphatic heterocycles. The van der Waals surface area contributed by atoms with Crippen LogP contribution in [-0.4, -0.2) is 5.11 Å². The average Bonchev–Trinajstić information content (AvgIpc) is 3.74. The molecule has 2 aromatic rings. The van der Waals surface area contributed by atoms with Crippen molar-refractivity contribution in [2.45, 2.75) is 6.61 Å². The number of ether oxygens (including phenoxy) is 2. The van der Waals surface area contributed by atoms with Crippen LogP contribution >= 0.6 is 11.3 Å². The molecule has 0 aliphatic rings. The fraction of sp³-hybridized carbons (Fsp3) is 0.0182. The summed E-state index contributed by atoms with van der Waals surface area (Å²) in [6.07, 6.45) is 14.9. The number of hydrogen-bond acceptors (Lipinski definition) is 4. The molecule has 59 heavy (non-hydrogen) atoms. The summed E-state index contributed by atoms with van der Waals surface area (Å²) in [6.45, 7) is -0.0853. The molecule has 3 nitrogen and oxygen atoms in total. The normalized spacial score (nSPS) is 5.75. The zero-order valence-electron chi connectivity index (χ0n) is 29.9. The van der Waals surface area contributed by atoms with Gasteiger partial charge in [0.25, 0.3) is 0 Å². The smallest absolute Gasteiger partial charge is 0.144 e. The molecule has 0 bridgehead atoms. The highest BCUT2D eigenvalue weighted by atomic mass is 32.1. The molecule has 1 N–H and O–H groups in total. The summed E-state index contributed by atoms with van der Waals surface area (Å²) in [5.74, 6) is 99.6. The topological polar surface area (TPSA) is 38.7 Å². The quantitative estimate of drug-likeness (QED) is 0.490. The minimum atomic E-state index is -0.0853. The third-order valence-corrected chi connectivity index (χ3v) is 5.94. The van der Waals surface area contributed by atoms with Crippen LogP contribution < -0.4 is 9.47 Å². The first-order valence-corrected chi connectivity index (χ1v) is 16.2. The van der Waals surface area contributed by atoms with Crippen LogP contribution in [0.3, 0.4) is 0 Å². The highest BCUT2D eigenvalue weighted by Gasteiger charge is 2.08. The van der Waals surface area contributed by atoms with Gasteiger partial charge in [0.1, 0.15) is 23.7 Å². The van der Waals surface area contributed by atoms with Crippen molar-refractivity contribution in [1.29, 1.82) is 0 Å². The third-order valence-electron chi connectivity index (χ3n) is 4.82. The summed E-state index contributed by atoms with van der Waals surface area (Å²) in [5, 5.41) is 9.49. The van der Waals surface area contributed by atoms with Crippen molar-refractivity contribution in [3.05, 3.63) is 35.2 Å². The number of rotatable bonds is 4. The Morgan fingerprint density at radius 2 is 0.644 bits per heavy atom. The molecule has 0 aliphatic carbocycles. The van der Waals surface area contributed by atoms with Gasteiger partial charge in [-0.15, -0.1) is 24.2 Å². The minimum Gasteiger partial charge on any atom is -0.407 e. The first-order valence-electron chi connectivity index (χ1n) is 15.4. The second kappa shape index (κ2) is 32.7. The van der Waals surface area contributed by atoms with Crippen LogP contribution in [-0.2, 0) is 6.61 Å². The predicted octanol–water partition coefficient (Wildman–Crippen LogP) is 2.91. The van der Waals surface area contributed by atoms with Gasteiger partial charge in [-0.2, -0.15) is 0 Å². The molecule has 0 radical (unpaired) electrons. The summed E-state index contributed by atoms with van der Waals surface area (Å²) in [6, 6.07) is 8.79. The van der Waals surface area contributed by atoms with Crippen molar-refractivity contribution in [1.82, 2.24) is 0 Å². The van der Waals surface area contributed by atoms with Crippen molar-refractivity contribution in [2.75, 3.05) is 0 Å². The first-order chi connectivity index (χ1) is 29.3. The summed E-state index contributed by atoms with van der Waals surface area (Å²) in [5.41, 5.74) is 0.749. The van der Waals surface area contributed by atoms with Gasteiger partial charge in [-0.05, 0) is 125 Å². The number of aliphatic hydroxyl groups is 1. The van der Waals surface area contributed by atoms with E-state index >= 15 is 0 Å². The van der Waals surface area contributed by atoms with Gasteiger partial charge in [-0.3, -0.25) is 0 Å². The lowest BCUT2D eigenvalue weighted by Crippen LogP contribution is -1.88. The number of thiophene rings is 1. The van der Waals surface area contributed by atoms with E-state index in [1.54, 1.807) is 18.2 Å². The highest BCUT2D eigenvalue weighted by Crippen LogP contribution is 2.34. The van der Waals surface area contributed by atoms with Crippen molar-refractivity contribution >= 4 is 11.3 Å². The molecule has 254 valence electrons. The Morgan fingerprint density at radius 1 is 0.373 bits per heavy atom. The van der Waals surface area contributed by atoms with E-state index in [0.29, 0.717) is 11.5 Å². The second-order valence-electron chi connectivity index (χ2n) is 8.56. The average molecular weight is 751 g/mol. The molecule has 0 unspecified atom stereocenters. The van der Waals surface area contributed by atoms with Crippen molar-refractivity contribution < 1.29 is 14.6 Å². The van der Waals surface area contributed by atoms with Gasteiger partial charge < -0.3 is 14.6 Å². The SMILES string of the molecule is C#CC#CC#CC#CC#CC#CC#CC#CC#CC#CC#COc1cc(OC#CC#CC#CC#CC#CC#CC#CC#CC#CC#CC#C)cc(-c2ccc(CO)s2)c1. The number of hydrogen-bond donors (Lipinski definition) is 1. The molecule has 2 rings (SSSR count). The second-order valence-corrected chi connectivity index (χ2v) is 9.73. The van der Waals surface area contributed by atoms with Crippen molar-refractivity contribution in [2.24, 2.45) is 0 Å². The lowest BCUT2D eigenvalue weighted by molar-refractivity contribution is 0.285. The van der Waals surface area contributed by atoms with E-state index in [4.69, 9.17) is 22.3 Å². The fourth-order valence-corrected chi connectivity index (χ4v) is 3.66. The molecular formula is C55H10O3S. The molecule has 0 fully saturated rings. The van der Waals surface area contributed by atoms with E-state index in [2.05, 4.69) is 249 Å². The van der Waals surface area contributed by atoms with Crippen LogP contribution in [0.25, 0.3) is 10.4 Å². The molecule has 0 amide bonds. The van der Waals surface area contributed by atoms with E-state index < -0.39 is 0 Å². The Balaban J connectivity index is 1.99. The Morgan fingerprint density at radius 3 is 0.898 bits per heavy atom. The van der Waals surface area contributed by atoms with Gasteiger partial charge in [-0.1, -0.05) is 0 Å². The molecule has 1 aromatic heterocycles. The molecule has 0 spiro atoms. The summed E-state index contributed by atoms with van der Waals surface area (Å²) in [7, 11) is 0. The van der Waals surface area contributed by atoms with Crippen molar-refractivity contribution in [3.8, 4) is 284 Å². The van der Waals surface area contributed by atoms with Crippen LogP contribution in [0.2, 0.25) is 0 Å². The van der Waals surface area contributed by atoms with E-state index in [1.807, 2.05) is 12.1 Å². The number of benzene rings is 1. The zero-order chi connectivity index (χ0) is 41.9. The van der Waals surface area contributed by atoms with Gasteiger partial charge in [-0.25, -0.2) is 0 Å². The lowest BCUT2D eigenvalue weighted by Gasteiger charge is -2.05. The van der Waals surface area contributed by atoms with Gasteiger partial charge in [0.05, 0.1) is 6.61 Å². The monoisotopic (exact) mass is 750 g/mol. The maximum absolute atomic E-state index is 9.49. The molecule has 0 saturated heterocycles. The Bertz CT molecular complexity index is 3250.